The number of hydrogen-bond donors (Lipinski definition) is 1. The maximum atomic E-state index is 12.2. The third kappa shape index (κ3) is 3.79. The SMILES string of the molecule is N#CC1CCCC1Nc1ccc(OC(F)(F)F)c(Br)c1. The average molecular weight is 349 g/mol. The lowest BCUT2D eigenvalue weighted by Crippen LogP contribution is -2.22. The number of nitriles is 1. The van der Waals surface area contributed by atoms with Gasteiger partial charge in [0, 0.05) is 11.7 Å². The summed E-state index contributed by atoms with van der Waals surface area (Å²) in [6.07, 6.45) is -2.00. The molecule has 0 amide bonds. The number of alkyl halides is 3. The van der Waals surface area contributed by atoms with Crippen molar-refractivity contribution < 1.29 is 17.9 Å². The van der Waals surface area contributed by atoms with Crippen molar-refractivity contribution in [2.45, 2.75) is 31.7 Å². The molecular formula is C13H12BrF3N2O. The van der Waals surface area contributed by atoms with Crippen LogP contribution in [0, 0.1) is 17.2 Å². The van der Waals surface area contributed by atoms with Gasteiger partial charge in [-0.1, -0.05) is 0 Å². The predicted molar refractivity (Wildman–Crippen MR) is 71.2 cm³/mol. The summed E-state index contributed by atoms with van der Waals surface area (Å²) in [6.45, 7) is 0. The number of halogens is 4. The molecule has 2 unspecified atom stereocenters. The minimum atomic E-state index is -4.71. The van der Waals surface area contributed by atoms with Gasteiger partial charge in [-0.05, 0) is 53.4 Å². The lowest BCUT2D eigenvalue weighted by atomic mass is 10.1. The van der Waals surface area contributed by atoms with E-state index in [0.717, 1.165) is 19.3 Å². The molecule has 1 aliphatic rings. The molecule has 108 valence electrons. The Kier molecular flexibility index (Phi) is 4.43. The predicted octanol–water partition coefficient (Wildman–Crippen LogP) is 4.45. The van der Waals surface area contributed by atoms with E-state index in [1.54, 1.807) is 0 Å². The van der Waals surface area contributed by atoms with Crippen molar-refractivity contribution in [3.8, 4) is 11.8 Å². The fourth-order valence-electron chi connectivity index (χ4n) is 2.30. The number of rotatable bonds is 3. The quantitative estimate of drug-likeness (QED) is 0.877. The zero-order valence-electron chi connectivity index (χ0n) is 10.4. The van der Waals surface area contributed by atoms with Crippen molar-refractivity contribution in [3.63, 3.8) is 0 Å². The minimum absolute atomic E-state index is 0.0429. The number of benzene rings is 1. The Balaban J connectivity index is 2.08. The first-order valence-electron chi connectivity index (χ1n) is 6.10. The highest BCUT2D eigenvalue weighted by atomic mass is 79.9. The Bertz CT molecular complexity index is 527. The summed E-state index contributed by atoms with van der Waals surface area (Å²) in [5, 5.41) is 12.2. The molecule has 1 saturated carbocycles. The van der Waals surface area contributed by atoms with Gasteiger partial charge >= 0.3 is 6.36 Å². The van der Waals surface area contributed by atoms with E-state index < -0.39 is 6.36 Å². The largest absolute Gasteiger partial charge is 0.573 e. The van der Waals surface area contributed by atoms with Gasteiger partial charge in [-0.2, -0.15) is 5.26 Å². The van der Waals surface area contributed by atoms with Crippen molar-refractivity contribution in [2.75, 3.05) is 5.32 Å². The Labute approximate surface area is 122 Å². The molecule has 1 aromatic rings. The van der Waals surface area contributed by atoms with Gasteiger partial charge < -0.3 is 10.1 Å². The number of ether oxygens (including phenoxy) is 1. The van der Waals surface area contributed by atoms with Crippen molar-refractivity contribution in [2.24, 2.45) is 5.92 Å². The van der Waals surface area contributed by atoms with Crippen LogP contribution in [0.1, 0.15) is 19.3 Å². The standard InChI is InChI=1S/C13H12BrF3N2O/c14-10-6-9(4-5-12(10)20-13(15,16)17)19-11-3-1-2-8(11)7-18/h4-6,8,11,19H,1-3H2. The van der Waals surface area contributed by atoms with Crippen molar-refractivity contribution in [3.05, 3.63) is 22.7 Å². The summed E-state index contributed by atoms with van der Waals surface area (Å²) in [6, 6.07) is 6.57. The molecule has 0 spiro atoms. The molecule has 1 aliphatic carbocycles. The van der Waals surface area contributed by atoms with Crippen LogP contribution in [-0.4, -0.2) is 12.4 Å². The van der Waals surface area contributed by atoms with Gasteiger partial charge in [-0.25, -0.2) is 0 Å². The molecule has 0 aliphatic heterocycles. The van der Waals surface area contributed by atoms with E-state index in [1.807, 2.05) is 0 Å². The number of anilines is 1. The van der Waals surface area contributed by atoms with Gasteiger partial charge in [0.25, 0.3) is 0 Å². The molecule has 1 aromatic carbocycles. The number of hydrogen-bond acceptors (Lipinski definition) is 3. The summed E-state index contributed by atoms with van der Waals surface area (Å²) in [4.78, 5) is 0. The van der Waals surface area contributed by atoms with Gasteiger partial charge in [-0.15, -0.1) is 13.2 Å². The molecular weight excluding hydrogens is 337 g/mol. The monoisotopic (exact) mass is 348 g/mol. The van der Waals surface area contributed by atoms with E-state index >= 15 is 0 Å². The summed E-state index contributed by atoms with van der Waals surface area (Å²) in [5.74, 6) is -0.341. The second-order valence-electron chi connectivity index (χ2n) is 4.61. The van der Waals surface area contributed by atoms with Crippen LogP contribution in [0.2, 0.25) is 0 Å². The molecule has 0 heterocycles. The lowest BCUT2D eigenvalue weighted by molar-refractivity contribution is -0.274. The molecule has 3 nitrogen and oxygen atoms in total. The van der Waals surface area contributed by atoms with Crippen LogP contribution in [0.3, 0.4) is 0 Å². The molecule has 0 aromatic heterocycles. The highest BCUT2D eigenvalue weighted by molar-refractivity contribution is 9.10. The first kappa shape index (κ1) is 15.0. The van der Waals surface area contributed by atoms with E-state index in [9.17, 15) is 13.2 Å². The second kappa shape index (κ2) is 5.92. The Hall–Kier alpha value is -1.42. The van der Waals surface area contributed by atoms with Crippen molar-refractivity contribution in [1.29, 1.82) is 5.26 Å². The maximum Gasteiger partial charge on any atom is 0.573 e. The molecule has 0 bridgehead atoms. The van der Waals surface area contributed by atoms with Crippen molar-refractivity contribution >= 4 is 21.6 Å². The summed E-state index contributed by atoms with van der Waals surface area (Å²) in [5.41, 5.74) is 0.665. The first-order chi connectivity index (χ1) is 9.39. The Morgan fingerprint density at radius 2 is 2.10 bits per heavy atom. The molecule has 2 atom stereocenters. The topological polar surface area (TPSA) is 45.0 Å². The van der Waals surface area contributed by atoms with Crippen LogP contribution < -0.4 is 10.1 Å². The molecule has 7 heteroatoms. The van der Waals surface area contributed by atoms with Crippen LogP contribution in [0.4, 0.5) is 18.9 Å². The molecule has 0 saturated heterocycles. The van der Waals surface area contributed by atoms with E-state index in [4.69, 9.17) is 5.26 Å². The van der Waals surface area contributed by atoms with Gasteiger partial charge in [0.15, 0.2) is 0 Å². The molecule has 1 fully saturated rings. The first-order valence-corrected chi connectivity index (χ1v) is 6.90. The van der Waals surface area contributed by atoms with Crippen LogP contribution in [-0.2, 0) is 0 Å². The zero-order chi connectivity index (χ0) is 14.8. The number of nitrogens with one attached hydrogen (secondary N) is 1. The van der Waals surface area contributed by atoms with Gasteiger partial charge in [-0.3, -0.25) is 0 Å². The van der Waals surface area contributed by atoms with E-state index in [2.05, 4.69) is 32.1 Å². The van der Waals surface area contributed by atoms with Crippen molar-refractivity contribution in [1.82, 2.24) is 0 Å². The van der Waals surface area contributed by atoms with E-state index in [1.165, 1.54) is 18.2 Å². The average Bonchev–Trinajstić information content (AvgIpc) is 2.78. The fourth-order valence-corrected chi connectivity index (χ4v) is 2.76. The summed E-state index contributed by atoms with van der Waals surface area (Å²) >= 11 is 3.05. The third-order valence-electron chi connectivity index (χ3n) is 3.19. The van der Waals surface area contributed by atoms with Crippen LogP contribution in [0.5, 0.6) is 5.75 Å². The van der Waals surface area contributed by atoms with Crippen LogP contribution in [0.25, 0.3) is 0 Å². The molecule has 2 rings (SSSR count). The van der Waals surface area contributed by atoms with Gasteiger partial charge in [0.05, 0.1) is 16.5 Å². The lowest BCUT2D eigenvalue weighted by Gasteiger charge is -2.18. The van der Waals surface area contributed by atoms with Gasteiger partial charge in [0.1, 0.15) is 5.75 Å². The maximum absolute atomic E-state index is 12.2. The zero-order valence-corrected chi connectivity index (χ0v) is 12.0. The summed E-state index contributed by atoms with van der Waals surface area (Å²) in [7, 11) is 0. The fraction of sp³-hybridized carbons (Fsp3) is 0.462. The second-order valence-corrected chi connectivity index (χ2v) is 5.46. The molecule has 1 N–H and O–H groups in total. The van der Waals surface area contributed by atoms with Gasteiger partial charge in [0.2, 0.25) is 0 Å². The molecule has 0 radical (unpaired) electrons. The smallest absolute Gasteiger partial charge is 0.405 e. The minimum Gasteiger partial charge on any atom is -0.405 e. The van der Waals surface area contributed by atoms with Crippen LogP contribution in [0.15, 0.2) is 22.7 Å². The highest BCUT2D eigenvalue weighted by Gasteiger charge is 2.32. The third-order valence-corrected chi connectivity index (χ3v) is 3.81. The summed E-state index contributed by atoms with van der Waals surface area (Å²) < 4.78 is 40.5. The van der Waals surface area contributed by atoms with Crippen LogP contribution >= 0.6 is 15.9 Å². The van der Waals surface area contributed by atoms with E-state index in [0.29, 0.717) is 5.69 Å². The molecule has 20 heavy (non-hydrogen) atoms. The normalized spacial score (nSPS) is 22.4. The number of nitrogens with zero attached hydrogens (tertiary/aromatic N) is 1. The Morgan fingerprint density at radius 1 is 1.35 bits per heavy atom. The van der Waals surface area contributed by atoms with E-state index in [-0.39, 0.29) is 22.2 Å². The highest BCUT2D eigenvalue weighted by Crippen LogP contribution is 2.34. The Morgan fingerprint density at radius 3 is 2.70 bits per heavy atom.